The van der Waals surface area contributed by atoms with Gasteiger partial charge in [-0.05, 0) is 36.6 Å². The Bertz CT molecular complexity index is 719. The number of carbonyl (C=O) groups excluding carboxylic acids is 1. The summed E-state index contributed by atoms with van der Waals surface area (Å²) >= 11 is 12.6. The molecule has 28 heavy (non-hydrogen) atoms. The zero-order valence-electron chi connectivity index (χ0n) is 15.9. The summed E-state index contributed by atoms with van der Waals surface area (Å²) in [4.78, 5) is 25.4. The van der Waals surface area contributed by atoms with Crippen molar-refractivity contribution in [3.05, 3.63) is 39.8 Å². The Labute approximate surface area is 181 Å². The predicted molar refractivity (Wildman–Crippen MR) is 121 cm³/mol. The number of nitrogens with zero attached hydrogens (tertiary/aromatic N) is 1. The number of carboxylic acids is 1. The summed E-state index contributed by atoms with van der Waals surface area (Å²) in [5.41, 5.74) is 0.938. The van der Waals surface area contributed by atoms with Crippen LogP contribution in [0.25, 0.3) is 6.08 Å². The van der Waals surface area contributed by atoms with Crippen LogP contribution in [-0.2, 0) is 9.59 Å². The normalized spacial score (nSPS) is 15.6. The molecule has 4 nitrogen and oxygen atoms in total. The number of halogens is 1. The molecule has 1 amide bonds. The lowest BCUT2D eigenvalue weighted by Crippen LogP contribution is -2.29. The zero-order chi connectivity index (χ0) is 20.4. The molecule has 1 aliphatic rings. The van der Waals surface area contributed by atoms with Gasteiger partial charge in [0, 0.05) is 18.0 Å². The van der Waals surface area contributed by atoms with Crippen molar-refractivity contribution in [3.8, 4) is 0 Å². The molecule has 0 unspecified atom stereocenters. The number of carboxylic acid groups (broad SMARTS) is 1. The first-order valence-corrected chi connectivity index (χ1v) is 11.3. The molecule has 1 aliphatic heterocycles. The third-order valence-electron chi connectivity index (χ3n) is 4.56. The number of aliphatic carboxylic acids is 1. The van der Waals surface area contributed by atoms with Gasteiger partial charge in [0.15, 0.2) is 0 Å². The Balaban J connectivity index is 1.64. The molecule has 0 spiro atoms. The molecule has 7 heteroatoms. The van der Waals surface area contributed by atoms with Gasteiger partial charge in [-0.1, -0.05) is 86.2 Å². The smallest absolute Gasteiger partial charge is 0.303 e. The second kappa shape index (κ2) is 12.2. The van der Waals surface area contributed by atoms with Gasteiger partial charge in [0.1, 0.15) is 4.32 Å². The zero-order valence-corrected chi connectivity index (χ0v) is 18.3. The van der Waals surface area contributed by atoms with Gasteiger partial charge in [-0.25, -0.2) is 0 Å². The summed E-state index contributed by atoms with van der Waals surface area (Å²) in [7, 11) is 0. The van der Waals surface area contributed by atoms with Crippen LogP contribution in [0.2, 0.25) is 5.02 Å². The third-order valence-corrected chi connectivity index (χ3v) is 6.19. The molecule has 1 saturated heterocycles. The molecule has 0 aromatic heterocycles. The van der Waals surface area contributed by atoms with Crippen molar-refractivity contribution in [2.45, 2.75) is 57.8 Å². The monoisotopic (exact) mass is 439 g/mol. The summed E-state index contributed by atoms with van der Waals surface area (Å²) in [6.45, 7) is 0.668. The highest BCUT2D eigenvalue weighted by Gasteiger charge is 2.31. The van der Waals surface area contributed by atoms with Gasteiger partial charge in [0.2, 0.25) is 0 Å². The van der Waals surface area contributed by atoms with E-state index in [2.05, 4.69) is 0 Å². The number of hydrogen-bond donors (Lipinski definition) is 1. The van der Waals surface area contributed by atoms with Crippen molar-refractivity contribution in [2.75, 3.05) is 6.54 Å². The first kappa shape index (κ1) is 22.9. The van der Waals surface area contributed by atoms with Gasteiger partial charge < -0.3 is 5.11 Å². The number of rotatable bonds is 12. The van der Waals surface area contributed by atoms with Crippen molar-refractivity contribution in [1.29, 1.82) is 0 Å². The van der Waals surface area contributed by atoms with E-state index in [-0.39, 0.29) is 12.3 Å². The first-order valence-electron chi connectivity index (χ1n) is 9.70. The van der Waals surface area contributed by atoms with E-state index in [1.807, 2.05) is 18.2 Å². The van der Waals surface area contributed by atoms with Gasteiger partial charge >= 0.3 is 5.97 Å². The van der Waals surface area contributed by atoms with Gasteiger partial charge in [-0.15, -0.1) is 0 Å². The maximum atomic E-state index is 12.6. The van der Waals surface area contributed by atoms with Gasteiger partial charge in [0.25, 0.3) is 5.91 Å². The maximum Gasteiger partial charge on any atom is 0.303 e. The second-order valence-electron chi connectivity index (χ2n) is 6.86. The van der Waals surface area contributed by atoms with E-state index in [1.165, 1.54) is 11.8 Å². The maximum absolute atomic E-state index is 12.6. The Kier molecular flexibility index (Phi) is 10.0. The van der Waals surface area contributed by atoms with E-state index in [1.54, 1.807) is 17.0 Å². The summed E-state index contributed by atoms with van der Waals surface area (Å²) in [5, 5.41) is 9.27. The van der Waals surface area contributed by atoms with Crippen LogP contribution in [0.4, 0.5) is 0 Å². The fourth-order valence-corrected chi connectivity index (χ4v) is 4.44. The summed E-state index contributed by atoms with van der Waals surface area (Å²) < 4.78 is 0.628. The lowest BCUT2D eigenvalue weighted by atomic mass is 10.1. The molecule has 0 aliphatic carbocycles. The van der Waals surface area contributed by atoms with Gasteiger partial charge in [-0.3, -0.25) is 14.5 Å². The van der Waals surface area contributed by atoms with Gasteiger partial charge in [0.05, 0.1) is 4.91 Å². The van der Waals surface area contributed by atoms with Crippen LogP contribution < -0.4 is 0 Å². The van der Waals surface area contributed by atoms with Crippen LogP contribution >= 0.6 is 35.6 Å². The van der Waals surface area contributed by atoms with Crippen LogP contribution in [0.5, 0.6) is 0 Å². The van der Waals surface area contributed by atoms with Crippen molar-refractivity contribution in [3.63, 3.8) is 0 Å². The predicted octanol–water partition coefficient (Wildman–Crippen LogP) is 6.14. The number of thioether (sulfide) groups is 1. The SMILES string of the molecule is O=C(O)CCCCCCCCCCN1C(=O)/C(=C/c2ccc(Cl)cc2)SC1=S. The highest BCUT2D eigenvalue weighted by molar-refractivity contribution is 8.26. The van der Waals surface area contributed by atoms with Crippen LogP contribution in [0, 0.1) is 0 Å². The molecule has 1 aromatic rings. The topological polar surface area (TPSA) is 57.6 Å². The summed E-state index contributed by atoms with van der Waals surface area (Å²) in [6.07, 6.45) is 10.4. The molecule has 2 rings (SSSR count). The minimum absolute atomic E-state index is 0.0108. The molecule has 0 saturated carbocycles. The van der Waals surface area contributed by atoms with Crippen LogP contribution in [0.3, 0.4) is 0 Å². The highest BCUT2D eigenvalue weighted by Crippen LogP contribution is 2.33. The average molecular weight is 440 g/mol. The molecule has 0 bridgehead atoms. The number of carbonyl (C=O) groups is 2. The van der Waals surface area contributed by atoms with Crippen molar-refractivity contribution >= 4 is 57.9 Å². The minimum atomic E-state index is -0.710. The molecular weight excluding hydrogens is 414 g/mol. The van der Waals surface area contributed by atoms with E-state index in [9.17, 15) is 9.59 Å². The largest absolute Gasteiger partial charge is 0.481 e. The number of amides is 1. The van der Waals surface area contributed by atoms with E-state index in [0.29, 0.717) is 20.8 Å². The van der Waals surface area contributed by atoms with Crippen LogP contribution in [0.15, 0.2) is 29.2 Å². The first-order chi connectivity index (χ1) is 13.5. The number of hydrogen-bond acceptors (Lipinski definition) is 4. The Morgan fingerprint density at radius 2 is 1.61 bits per heavy atom. The van der Waals surface area contributed by atoms with Crippen LogP contribution in [0.1, 0.15) is 63.4 Å². The summed E-state index contributed by atoms with van der Waals surface area (Å²) in [5.74, 6) is -0.720. The van der Waals surface area contributed by atoms with E-state index >= 15 is 0 Å². The molecular formula is C21H26ClNO3S2. The Hall–Kier alpha value is -1.37. The molecule has 0 atom stereocenters. The quantitative estimate of drug-likeness (QED) is 0.241. The molecule has 1 N–H and O–H groups in total. The third kappa shape index (κ3) is 7.94. The fourth-order valence-electron chi connectivity index (χ4n) is 3.01. The molecule has 0 radical (unpaired) electrons. The van der Waals surface area contributed by atoms with Gasteiger partial charge in [-0.2, -0.15) is 0 Å². The van der Waals surface area contributed by atoms with E-state index in [4.69, 9.17) is 28.9 Å². The molecule has 1 fully saturated rings. The fraction of sp³-hybridized carbons (Fsp3) is 0.476. The molecule has 1 aromatic carbocycles. The number of unbranched alkanes of at least 4 members (excludes halogenated alkanes) is 7. The standard InChI is InChI=1S/C21H26ClNO3S2/c22-17-12-10-16(11-13-17)15-18-20(26)23(21(27)28-18)14-8-6-4-2-1-3-5-7-9-19(24)25/h10-13,15H,1-9,14H2,(H,24,25)/b18-15-. The minimum Gasteiger partial charge on any atom is -0.481 e. The second-order valence-corrected chi connectivity index (χ2v) is 8.97. The molecule has 1 heterocycles. The Morgan fingerprint density at radius 3 is 2.21 bits per heavy atom. The van der Waals surface area contributed by atoms with Crippen molar-refractivity contribution in [1.82, 2.24) is 4.90 Å². The summed E-state index contributed by atoms with van der Waals surface area (Å²) in [6, 6.07) is 7.38. The van der Waals surface area contributed by atoms with E-state index < -0.39 is 5.97 Å². The Morgan fingerprint density at radius 1 is 1.04 bits per heavy atom. The van der Waals surface area contributed by atoms with Crippen molar-refractivity contribution < 1.29 is 14.7 Å². The van der Waals surface area contributed by atoms with E-state index in [0.717, 1.165) is 56.9 Å². The highest BCUT2D eigenvalue weighted by atomic mass is 35.5. The number of thiocarbonyl (C=S) groups is 1. The lowest BCUT2D eigenvalue weighted by Gasteiger charge is -2.14. The molecule has 152 valence electrons. The lowest BCUT2D eigenvalue weighted by molar-refractivity contribution is -0.137. The van der Waals surface area contributed by atoms with Crippen LogP contribution in [-0.4, -0.2) is 32.7 Å². The number of benzene rings is 1. The van der Waals surface area contributed by atoms with Crippen molar-refractivity contribution in [2.24, 2.45) is 0 Å². The average Bonchev–Trinajstić information content (AvgIpc) is 2.92.